The molecule has 0 saturated carbocycles. The number of nitrogens with zero attached hydrogens (tertiary/aromatic N) is 2. The highest BCUT2D eigenvalue weighted by Gasteiger charge is 2.46. The average Bonchev–Trinajstić information content (AvgIpc) is 2.49. The van der Waals surface area contributed by atoms with Gasteiger partial charge in [0.1, 0.15) is 17.8 Å². The molecular formula is C18H26N2O5. The van der Waals surface area contributed by atoms with Gasteiger partial charge < -0.3 is 24.4 Å². The first-order chi connectivity index (χ1) is 11.6. The highest BCUT2D eigenvalue weighted by Crippen LogP contribution is 2.23. The second kappa shape index (κ2) is 7.31. The van der Waals surface area contributed by atoms with Crippen LogP contribution >= 0.6 is 0 Å². The summed E-state index contributed by atoms with van der Waals surface area (Å²) in [7, 11) is 1.56. The Morgan fingerprint density at radius 3 is 2.40 bits per heavy atom. The van der Waals surface area contributed by atoms with E-state index in [4.69, 9.17) is 9.47 Å². The van der Waals surface area contributed by atoms with Crippen LogP contribution in [0.4, 0.5) is 9.59 Å². The van der Waals surface area contributed by atoms with Crippen LogP contribution in [0.2, 0.25) is 0 Å². The minimum absolute atomic E-state index is 0.0877. The van der Waals surface area contributed by atoms with Gasteiger partial charge in [0.15, 0.2) is 0 Å². The van der Waals surface area contributed by atoms with Gasteiger partial charge in [-0.05, 0) is 26.3 Å². The summed E-state index contributed by atoms with van der Waals surface area (Å²) in [6.07, 6.45) is -0.987. The Bertz CT molecular complexity index is 606. The lowest BCUT2D eigenvalue weighted by molar-refractivity contribution is -0.102. The summed E-state index contributed by atoms with van der Waals surface area (Å²) in [5, 5.41) is 10.4. The van der Waals surface area contributed by atoms with Crippen molar-refractivity contribution < 1.29 is 24.2 Å². The molecule has 0 aliphatic carbocycles. The predicted molar refractivity (Wildman–Crippen MR) is 92.0 cm³/mol. The van der Waals surface area contributed by atoms with E-state index < -0.39 is 23.4 Å². The molecule has 0 aromatic heterocycles. The Labute approximate surface area is 148 Å². The van der Waals surface area contributed by atoms with Crippen molar-refractivity contribution in [2.24, 2.45) is 0 Å². The third-order valence-electron chi connectivity index (χ3n) is 3.67. The number of hydrogen-bond acceptors (Lipinski definition) is 5. The minimum atomic E-state index is -1.14. The molecule has 7 heteroatoms. The van der Waals surface area contributed by atoms with Crippen molar-refractivity contribution in [3.63, 3.8) is 0 Å². The number of amides is 2. The van der Waals surface area contributed by atoms with E-state index >= 15 is 0 Å². The van der Waals surface area contributed by atoms with Gasteiger partial charge in [-0.2, -0.15) is 0 Å². The third-order valence-corrected chi connectivity index (χ3v) is 3.67. The fourth-order valence-electron chi connectivity index (χ4n) is 2.55. The molecule has 1 heterocycles. The minimum Gasteiger partial charge on any atom is -0.445 e. The molecule has 1 aromatic carbocycles. The Morgan fingerprint density at radius 2 is 1.84 bits per heavy atom. The first kappa shape index (κ1) is 19.1. The van der Waals surface area contributed by atoms with E-state index in [1.54, 1.807) is 27.8 Å². The molecule has 0 radical (unpaired) electrons. The van der Waals surface area contributed by atoms with Gasteiger partial charge in [-0.3, -0.25) is 0 Å². The van der Waals surface area contributed by atoms with Crippen LogP contribution < -0.4 is 0 Å². The number of carbonyl (C=O) groups excluding carboxylic acids is 2. The average molecular weight is 350 g/mol. The largest absolute Gasteiger partial charge is 0.445 e. The lowest BCUT2D eigenvalue weighted by Gasteiger charge is -2.46. The summed E-state index contributed by atoms with van der Waals surface area (Å²) >= 11 is 0. The molecule has 138 valence electrons. The number of benzene rings is 1. The zero-order valence-corrected chi connectivity index (χ0v) is 15.2. The third kappa shape index (κ3) is 5.63. The summed E-state index contributed by atoms with van der Waals surface area (Å²) < 4.78 is 10.5. The molecule has 7 nitrogen and oxygen atoms in total. The van der Waals surface area contributed by atoms with Gasteiger partial charge in [-0.1, -0.05) is 30.3 Å². The first-order valence-corrected chi connectivity index (χ1v) is 8.20. The van der Waals surface area contributed by atoms with Crippen molar-refractivity contribution in [1.82, 2.24) is 9.80 Å². The number of likely N-dealkylation sites (tertiary alicyclic amines) is 1. The van der Waals surface area contributed by atoms with Crippen LogP contribution in [0.15, 0.2) is 30.3 Å². The molecule has 0 unspecified atom stereocenters. The van der Waals surface area contributed by atoms with Gasteiger partial charge in [-0.15, -0.1) is 0 Å². The molecule has 1 aliphatic rings. The number of carbonyl (C=O) groups is 2. The highest BCUT2D eigenvalue weighted by molar-refractivity contribution is 5.70. The van der Waals surface area contributed by atoms with Crippen LogP contribution in [0.1, 0.15) is 26.3 Å². The Hall–Kier alpha value is -2.28. The van der Waals surface area contributed by atoms with Crippen LogP contribution in [-0.2, 0) is 16.1 Å². The van der Waals surface area contributed by atoms with Gasteiger partial charge in [0.2, 0.25) is 0 Å². The number of aliphatic hydroxyl groups is 1. The fraction of sp³-hybridized carbons (Fsp3) is 0.556. The maximum atomic E-state index is 12.0. The van der Waals surface area contributed by atoms with E-state index in [2.05, 4.69) is 0 Å². The van der Waals surface area contributed by atoms with Crippen LogP contribution in [0, 0.1) is 0 Å². The lowest BCUT2D eigenvalue weighted by atomic mass is 9.94. The molecule has 2 rings (SSSR count). The van der Waals surface area contributed by atoms with Crippen LogP contribution in [0.5, 0.6) is 0 Å². The Morgan fingerprint density at radius 1 is 1.24 bits per heavy atom. The second-order valence-electron chi connectivity index (χ2n) is 7.46. The Kier molecular flexibility index (Phi) is 5.57. The topological polar surface area (TPSA) is 79.3 Å². The van der Waals surface area contributed by atoms with Gasteiger partial charge in [0.05, 0.1) is 19.6 Å². The molecule has 1 aliphatic heterocycles. The standard InChI is InChI=1S/C18H26N2O5/c1-17(2,3)25-15(21)19(4)11-18(23)12-20(13-18)16(22)24-10-14-8-6-5-7-9-14/h5-9,23H,10-13H2,1-4H3. The van der Waals surface area contributed by atoms with Crippen LogP contribution in [0.25, 0.3) is 0 Å². The van der Waals surface area contributed by atoms with E-state index in [9.17, 15) is 14.7 Å². The second-order valence-corrected chi connectivity index (χ2v) is 7.46. The highest BCUT2D eigenvalue weighted by atomic mass is 16.6. The molecule has 1 fully saturated rings. The predicted octanol–water partition coefficient (Wildman–Crippen LogP) is 2.24. The van der Waals surface area contributed by atoms with Crippen LogP contribution in [0.3, 0.4) is 0 Å². The van der Waals surface area contributed by atoms with Gasteiger partial charge >= 0.3 is 12.2 Å². The van der Waals surface area contributed by atoms with Crippen molar-refractivity contribution in [3.8, 4) is 0 Å². The molecule has 2 amide bonds. The van der Waals surface area contributed by atoms with E-state index in [0.29, 0.717) is 0 Å². The quantitative estimate of drug-likeness (QED) is 0.901. The summed E-state index contributed by atoms with van der Waals surface area (Å²) in [6, 6.07) is 9.38. The number of hydrogen-bond donors (Lipinski definition) is 1. The molecule has 1 N–H and O–H groups in total. The Balaban J connectivity index is 1.75. The van der Waals surface area contributed by atoms with E-state index in [1.165, 1.54) is 9.80 Å². The first-order valence-electron chi connectivity index (χ1n) is 8.20. The van der Waals surface area contributed by atoms with Crippen LogP contribution in [-0.4, -0.2) is 65.0 Å². The normalized spacial score (nSPS) is 16.0. The zero-order valence-electron chi connectivity index (χ0n) is 15.2. The fourth-order valence-corrected chi connectivity index (χ4v) is 2.55. The number of β-amino-alcohol motifs (C(OH)–C–C–N with tert-alkyl or cyclic N) is 1. The number of rotatable bonds is 4. The van der Waals surface area contributed by atoms with E-state index in [0.717, 1.165) is 5.56 Å². The van der Waals surface area contributed by atoms with Crippen molar-refractivity contribution in [2.45, 2.75) is 38.6 Å². The molecule has 0 spiro atoms. The molecule has 1 saturated heterocycles. The van der Waals surface area contributed by atoms with Gasteiger partial charge in [-0.25, -0.2) is 9.59 Å². The van der Waals surface area contributed by atoms with Crippen molar-refractivity contribution >= 4 is 12.2 Å². The maximum absolute atomic E-state index is 12.0. The summed E-state index contributed by atoms with van der Waals surface area (Å²) in [5.74, 6) is 0. The van der Waals surface area contributed by atoms with Gasteiger partial charge in [0, 0.05) is 7.05 Å². The van der Waals surface area contributed by atoms with Crippen molar-refractivity contribution in [1.29, 1.82) is 0 Å². The molecule has 0 bridgehead atoms. The smallest absolute Gasteiger partial charge is 0.410 e. The monoisotopic (exact) mass is 350 g/mol. The number of ether oxygens (including phenoxy) is 2. The van der Waals surface area contributed by atoms with E-state index in [-0.39, 0.29) is 26.2 Å². The van der Waals surface area contributed by atoms with Crippen molar-refractivity contribution in [3.05, 3.63) is 35.9 Å². The maximum Gasteiger partial charge on any atom is 0.410 e. The van der Waals surface area contributed by atoms with E-state index in [1.807, 2.05) is 30.3 Å². The number of likely N-dealkylation sites (N-methyl/N-ethyl adjacent to an activating group) is 1. The van der Waals surface area contributed by atoms with Gasteiger partial charge in [0.25, 0.3) is 0 Å². The molecule has 1 aromatic rings. The SMILES string of the molecule is CN(CC1(O)CN(C(=O)OCc2ccccc2)C1)C(=O)OC(C)(C)C. The summed E-state index contributed by atoms with van der Waals surface area (Å²) in [6.45, 7) is 5.85. The van der Waals surface area contributed by atoms with Crippen molar-refractivity contribution in [2.75, 3.05) is 26.7 Å². The zero-order chi connectivity index (χ0) is 18.7. The molecule has 0 atom stereocenters. The summed E-state index contributed by atoms with van der Waals surface area (Å²) in [5.41, 5.74) is -0.838. The lowest BCUT2D eigenvalue weighted by Crippen LogP contribution is -2.67. The summed E-state index contributed by atoms with van der Waals surface area (Å²) in [4.78, 5) is 26.6. The molecule has 25 heavy (non-hydrogen) atoms. The molecular weight excluding hydrogens is 324 g/mol.